The minimum Gasteiger partial charge on any atom is -0.389 e. The van der Waals surface area contributed by atoms with E-state index in [1.54, 1.807) is 0 Å². The fourth-order valence-electron chi connectivity index (χ4n) is 3.90. The first-order chi connectivity index (χ1) is 9.63. The predicted octanol–water partition coefficient (Wildman–Crippen LogP) is 2.78. The third-order valence-corrected chi connectivity index (χ3v) is 5.42. The Hall–Kier alpha value is -0.120. The van der Waals surface area contributed by atoms with Crippen molar-refractivity contribution >= 4 is 0 Å². The number of hydrogen-bond donors (Lipinski definition) is 2. The summed E-state index contributed by atoms with van der Waals surface area (Å²) < 4.78 is 0. The van der Waals surface area contributed by atoms with Gasteiger partial charge in [0.1, 0.15) is 0 Å². The molecule has 2 fully saturated rings. The first-order valence-electron chi connectivity index (χ1n) is 8.81. The number of rotatable bonds is 6. The number of piperidine rings is 1. The Bertz CT molecular complexity index is 268. The van der Waals surface area contributed by atoms with Crippen molar-refractivity contribution in [3.8, 4) is 0 Å². The topological polar surface area (TPSA) is 35.5 Å². The predicted molar refractivity (Wildman–Crippen MR) is 85.0 cm³/mol. The normalized spacial score (nSPS) is 26.6. The van der Waals surface area contributed by atoms with E-state index in [0.29, 0.717) is 6.04 Å². The molecule has 2 N–H and O–H groups in total. The molecule has 118 valence electrons. The lowest BCUT2D eigenvalue weighted by atomic mass is 9.84. The summed E-state index contributed by atoms with van der Waals surface area (Å²) in [5.74, 6) is 0.787. The van der Waals surface area contributed by atoms with Crippen molar-refractivity contribution in [1.29, 1.82) is 0 Å². The van der Waals surface area contributed by atoms with Crippen LogP contribution < -0.4 is 5.32 Å². The van der Waals surface area contributed by atoms with Gasteiger partial charge in [0.2, 0.25) is 0 Å². The van der Waals surface area contributed by atoms with Crippen LogP contribution in [0.4, 0.5) is 0 Å². The number of likely N-dealkylation sites (tertiary alicyclic amines) is 1. The van der Waals surface area contributed by atoms with E-state index in [1.165, 1.54) is 58.2 Å². The van der Waals surface area contributed by atoms with Gasteiger partial charge in [0.25, 0.3) is 0 Å². The average Bonchev–Trinajstić information content (AvgIpc) is 2.47. The van der Waals surface area contributed by atoms with Crippen LogP contribution in [0, 0.1) is 5.92 Å². The van der Waals surface area contributed by atoms with Crippen LogP contribution in [0.1, 0.15) is 65.2 Å². The highest BCUT2D eigenvalue weighted by atomic mass is 16.3. The van der Waals surface area contributed by atoms with Gasteiger partial charge < -0.3 is 15.3 Å². The van der Waals surface area contributed by atoms with Gasteiger partial charge in [0.05, 0.1) is 5.60 Å². The van der Waals surface area contributed by atoms with Gasteiger partial charge in [-0.1, -0.05) is 26.2 Å². The fourth-order valence-corrected chi connectivity index (χ4v) is 3.90. The van der Waals surface area contributed by atoms with Crippen molar-refractivity contribution in [1.82, 2.24) is 10.2 Å². The molecule has 1 aliphatic heterocycles. The maximum Gasteiger partial charge on any atom is 0.0771 e. The highest BCUT2D eigenvalue weighted by Gasteiger charge is 2.30. The second kappa shape index (κ2) is 7.77. The lowest BCUT2D eigenvalue weighted by molar-refractivity contribution is 0.000443. The van der Waals surface area contributed by atoms with Crippen LogP contribution in [0.3, 0.4) is 0 Å². The quantitative estimate of drug-likeness (QED) is 0.786. The van der Waals surface area contributed by atoms with Crippen molar-refractivity contribution < 1.29 is 5.11 Å². The van der Waals surface area contributed by atoms with Crippen LogP contribution in [-0.4, -0.2) is 47.8 Å². The molecule has 0 amide bonds. The third kappa shape index (κ3) is 4.71. The van der Waals surface area contributed by atoms with Crippen LogP contribution in [-0.2, 0) is 0 Å². The molecule has 0 aromatic heterocycles. The molecule has 0 aromatic rings. The summed E-state index contributed by atoms with van der Waals surface area (Å²) in [5.41, 5.74) is -0.421. The van der Waals surface area contributed by atoms with E-state index in [0.717, 1.165) is 25.3 Å². The fraction of sp³-hybridized carbons (Fsp3) is 1.00. The van der Waals surface area contributed by atoms with Crippen molar-refractivity contribution in [2.45, 2.75) is 76.9 Å². The molecule has 1 saturated carbocycles. The van der Waals surface area contributed by atoms with Gasteiger partial charge in [-0.05, 0) is 64.6 Å². The van der Waals surface area contributed by atoms with Crippen LogP contribution in [0.5, 0.6) is 0 Å². The second-order valence-corrected chi connectivity index (χ2v) is 7.13. The minimum absolute atomic E-state index is 0.421. The molecule has 20 heavy (non-hydrogen) atoms. The van der Waals surface area contributed by atoms with Crippen molar-refractivity contribution in [2.75, 3.05) is 26.2 Å². The summed E-state index contributed by atoms with van der Waals surface area (Å²) in [6.45, 7) is 9.15. The van der Waals surface area contributed by atoms with Gasteiger partial charge in [-0.2, -0.15) is 0 Å². The molecule has 3 nitrogen and oxygen atoms in total. The summed E-state index contributed by atoms with van der Waals surface area (Å²) in [7, 11) is 0. The molecule has 1 atom stereocenters. The molecule has 1 heterocycles. The SMILES string of the molecule is CCCN1CCC(C(C)NCC2(O)CCCCC2)CC1. The lowest BCUT2D eigenvalue weighted by Gasteiger charge is -2.38. The lowest BCUT2D eigenvalue weighted by Crippen LogP contribution is -2.48. The van der Waals surface area contributed by atoms with Gasteiger partial charge in [-0.25, -0.2) is 0 Å². The second-order valence-electron chi connectivity index (χ2n) is 7.13. The highest BCUT2D eigenvalue weighted by molar-refractivity contribution is 4.87. The maximum absolute atomic E-state index is 10.6. The van der Waals surface area contributed by atoms with Gasteiger partial charge in [0.15, 0.2) is 0 Å². The Balaban J connectivity index is 1.68. The molecular formula is C17H34N2O. The zero-order valence-corrected chi connectivity index (χ0v) is 13.5. The Labute approximate surface area is 125 Å². The van der Waals surface area contributed by atoms with E-state index in [1.807, 2.05) is 0 Å². The smallest absolute Gasteiger partial charge is 0.0771 e. The Morgan fingerprint density at radius 2 is 1.85 bits per heavy atom. The van der Waals surface area contributed by atoms with Gasteiger partial charge >= 0.3 is 0 Å². The van der Waals surface area contributed by atoms with E-state index in [2.05, 4.69) is 24.1 Å². The Kier molecular flexibility index (Phi) is 6.31. The molecule has 1 saturated heterocycles. The molecule has 2 rings (SSSR count). The molecule has 0 radical (unpaired) electrons. The standard InChI is InChI=1S/C17H34N2O/c1-3-11-19-12-7-16(8-13-19)15(2)18-14-17(20)9-5-4-6-10-17/h15-16,18,20H,3-14H2,1-2H3. The number of hydrogen-bond acceptors (Lipinski definition) is 3. The zero-order chi connectivity index (χ0) is 14.4. The summed E-state index contributed by atoms with van der Waals surface area (Å²) in [5, 5.41) is 14.2. The van der Waals surface area contributed by atoms with E-state index >= 15 is 0 Å². The highest BCUT2D eigenvalue weighted by Crippen LogP contribution is 2.28. The van der Waals surface area contributed by atoms with Gasteiger partial charge in [-0.3, -0.25) is 0 Å². The van der Waals surface area contributed by atoms with Crippen molar-refractivity contribution in [3.05, 3.63) is 0 Å². The molecule has 2 aliphatic rings. The molecular weight excluding hydrogens is 248 g/mol. The summed E-state index contributed by atoms with van der Waals surface area (Å²) in [6, 6.07) is 0.546. The molecule has 0 spiro atoms. The van der Waals surface area contributed by atoms with E-state index < -0.39 is 5.60 Å². The van der Waals surface area contributed by atoms with E-state index in [9.17, 15) is 5.11 Å². The first kappa shape index (κ1) is 16.3. The summed E-state index contributed by atoms with van der Waals surface area (Å²) >= 11 is 0. The Morgan fingerprint density at radius 1 is 1.20 bits per heavy atom. The average molecular weight is 282 g/mol. The van der Waals surface area contributed by atoms with Crippen molar-refractivity contribution in [2.24, 2.45) is 5.92 Å². The largest absolute Gasteiger partial charge is 0.389 e. The summed E-state index contributed by atoms with van der Waals surface area (Å²) in [4.78, 5) is 2.60. The van der Waals surface area contributed by atoms with Gasteiger partial charge in [-0.15, -0.1) is 0 Å². The molecule has 1 unspecified atom stereocenters. The molecule has 0 bridgehead atoms. The van der Waals surface area contributed by atoms with E-state index in [-0.39, 0.29) is 0 Å². The number of aliphatic hydroxyl groups is 1. The van der Waals surface area contributed by atoms with E-state index in [4.69, 9.17) is 0 Å². The molecule has 0 aromatic carbocycles. The zero-order valence-electron chi connectivity index (χ0n) is 13.5. The molecule has 1 aliphatic carbocycles. The minimum atomic E-state index is -0.421. The molecule has 3 heteroatoms. The number of nitrogens with one attached hydrogen (secondary N) is 1. The van der Waals surface area contributed by atoms with Crippen LogP contribution in [0.2, 0.25) is 0 Å². The van der Waals surface area contributed by atoms with Crippen LogP contribution in [0.15, 0.2) is 0 Å². The Morgan fingerprint density at radius 3 is 2.45 bits per heavy atom. The van der Waals surface area contributed by atoms with Crippen LogP contribution in [0.25, 0.3) is 0 Å². The van der Waals surface area contributed by atoms with Crippen molar-refractivity contribution in [3.63, 3.8) is 0 Å². The third-order valence-electron chi connectivity index (χ3n) is 5.42. The van der Waals surface area contributed by atoms with Gasteiger partial charge in [0, 0.05) is 12.6 Å². The summed E-state index contributed by atoms with van der Waals surface area (Å²) in [6.07, 6.45) is 9.56. The maximum atomic E-state index is 10.6. The number of nitrogens with zero attached hydrogens (tertiary/aromatic N) is 1. The van der Waals surface area contributed by atoms with Crippen LogP contribution >= 0.6 is 0 Å². The first-order valence-corrected chi connectivity index (χ1v) is 8.81. The monoisotopic (exact) mass is 282 g/mol.